The molecule has 3 aromatic rings. The Morgan fingerprint density at radius 2 is 2.08 bits per heavy atom. The lowest BCUT2D eigenvalue weighted by molar-refractivity contribution is 0.0789. The average Bonchev–Trinajstić information content (AvgIpc) is 3.35. The van der Waals surface area contributed by atoms with Crippen LogP contribution >= 0.6 is 0 Å². The number of benzene rings is 1. The normalized spacial score (nSPS) is 17.2. The van der Waals surface area contributed by atoms with Crippen LogP contribution in [0.5, 0.6) is 0 Å². The largest absolute Gasteiger partial charge is 0.339 e. The van der Waals surface area contributed by atoms with Gasteiger partial charge in [0.25, 0.3) is 5.91 Å². The molecule has 0 aliphatic carbocycles. The number of hydrogen-bond acceptors (Lipinski definition) is 7. The van der Waals surface area contributed by atoms with Gasteiger partial charge in [0, 0.05) is 24.2 Å². The van der Waals surface area contributed by atoms with E-state index in [9.17, 15) is 4.79 Å². The van der Waals surface area contributed by atoms with E-state index in [1.54, 1.807) is 26.1 Å². The maximum absolute atomic E-state index is 12.7. The van der Waals surface area contributed by atoms with Gasteiger partial charge in [0.2, 0.25) is 11.7 Å². The minimum Gasteiger partial charge on any atom is -0.339 e. The van der Waals surface area contributed by atoms with Crippen LogP contribution in [0.25, 0.3) is 11.4 Å². The van der Waals surface area contributed by atoms with Crippen LogP contribution in [-0.4, -0.2) is 54.2 Å². The van der Waals surface area contributed by atoms with E-state index < -0.39 is 0 Å². The van der Waals surface area contributed by atoms with Crippen molar-refractivity contribution in [2.75, 3.05) is 13.1 Å². The third-order valence-electron chi connectivity index (χ3n) is 4.27. The first kappa shape index (κ1) is 15.4. The first-order chi connectivity index (χ1) is 12.1. The van der Waals surface area contributed by atoms with Gasteiger partial charge in [-0.3, -0.25) is 4.79 Å². The molecule has 3 heterocycles. The molecule has 2 aromatic heterocycles. The molecule has 9 nitrogen and oxygen atoms in total. The first-order valence-corrected chi connectivity index (χ1v) is 8.04. The molecule has 0 bridgehead atoms. The van der Waals surface area contributed by atoms with E-state index in [1.807, 2.05) is 17.0 Å². The minimum atomic E-state index is -0.00241. The highest BCUT2D eigenvalue weighted by molar-refractivity contribution is 5.94. The number of nitrogens with zero attached hydrogens (tertiary/aromatic N) is 7. The van der Waals surface area contributed by atoms with Crippen molar-refractivity contribution in [2.24, 2.45) is 7.05 Å². The number of tetrazole rings is 1. The zero-order valence-electron chi connectivity index (χ0n) is 14.0. The molecule has 0 N–H and O–H groups in total. The number of carbonyl (C=O) groups excluding carboxylic acids is 1. The average molecular weight is 339 g/mol. The van der Waals surface area contributed by atoms with Crippen LogP contribution in [0.1, 0.15) is 34.4 Å². The summed E-state index contributed by atoms with van der Waals surface area (Å²) in [5.74, 6) is 1.87. The SMILES string of the molecule is Cc1noc([C@H]2CCN(C(=O)c3ccc(-c4nnn(C)n4)cc3)C2)n1. The van der Waals surface area contributed by atoms with Crippen molar-refractivity contribution >= 4 is 5.91 Å². The predicted octanol–water partition coefficient (Wildman–Crippen LogP) is 1.20. The van der Waals surface area contributed by atoms with E-state index in [4.69, 9.17) is 4.52 Å². The predicted molar refractivity (Wildman–Crippen MR) is 86.5 cm³/mol. The Kier molecular flexibility index (Phi) is 3.75. The van der Waals surface area contributed by atoms with Crippen molar-refractivity contribution in [3.63, 3.8) is 0 Å². The summed E-state index contributed by atoms with van der Waals surface area (Å²) >= 11 is 0. The summed E-state index contributed by atoms with van der Waals surface area (Å²) in [6, 6.07) is 7.24. The lowest BCUT2D eigenvalue weighted by Crippen LogP contribution is -2.28. The second-order valence-electron chi connectivity index (χ2n) is 6.10. The third kappa shape index (κ3) is 3.00. The molecule has 1 aliphatic rings. The molecule has 1 fully saturated rings. The second kappa shape index (κ2) is 6.08. The fourth-order valence-electron chi connectivity index (χ4n) is 2.97. The molecule has 1 amide bonds. The molecular weight excluding hydrogens is 322 g/mol. The molecule has 128 valence electrons. The van der Waals surface area contributed by atoms with Crippen molar-refractivity contribution in [2.45, 2.75) is 19.3 Å². The van der Waals surface area contributed by atoms with Gasteiger partial charge in [-0.1, -0.05) is 17.3 Å². The zero-order valence-corrected chi connectivity index (χ0v) is 14.0. The van der Waals surface area contributed by atoms with Crippen LogP contribution in [-0.2, 0) is 7.05 Å². The standard InChI is InChI=1S/C16H17N7O2/c1-10-17-15(25-20-10)13-7-8-23(9-13)16(24)12-5-3-11(4-6-12)14-18-21-22(2)19-14/h3-6,13H,7-9H2,1-2H3/t13-/m0/s1. The topological polar surface area (TPSA) is 103 Å². The fourth-order valence-corrected chi connectivity index (χ4v) is 2.97. The van der Waals surface area contributed by atoms with Gasteiger partial charge in [-0.25, -0.2) is 0 Å². The molecule has 0 radical (unpaired) electrons. The molecule has 0 spiro atoms. The molecule has 1 aromatic carbocycles. The highest BCUT2D eigenvalue weighted by Crippen LogP contribution is 2.27. The van der Waals surface area contributed by atoms with Crippen molar-refractivity contribution in [1.82, 2.24) is 35.2 Å². The number of carbonyl (C=O) groups is 1. The Labute approximate surface area is 143 Å². The summed E-state index contributed by atoms with van der Waals surface area (Å²) < 4.78 is 5.23. The molecule has 1 saturated heterocycles. The van der Waals surface area contributed by atoms with Gasteiger partial charge < -0.3 is 9.42 Å². The summed E-state index contributed by atoms with van der Waals surface area (Å²) in [5.41, 5.74) is 1.46. The van der Waals surface area contributed by atoms with Gasteiger partial charge in [-0.15, -0.1) is 10.2 Å². The van der Waals surface area contributed by atoms with E-state index in [0.29, 0.717) is 36.2 Å². The van der Waals surface area contributed by atoms with E-state index in [2.05, 4.69) is 25.6 Å². The number of rotatable bonds is 3. The van der Waals surface area contributed by atoms with Crippen molar-refractivity contribution < 1.29 is 9.32 Å². The number of aromatic nitrogens is 6. The molecule has 0 saturated carbocycles. The van der Waals surface area contributed by atoms with Crippen LogP contribution in [0.3, 0.4) is 0 Å². The van der Waals surface area contributed by atoms with Gasteiger partial charge in [0.05, 0.1) is 13.0 Å². The lowest BCUT2D eigenvalue weighted by Gasteiger charge is -2.15. The summed E-state index contributed by atoms with van der Waals surface area (Å²) in [4.78, 5) is 20.2. The van der Waals surface area contributed by atoms with Gasteiger partial charge in [-0.2, -0.15) is 9.78 Å². The lowest BCUT2D eigenvalue weighted by atomic mass is 10.1. The number of hydrogen-bond donors (Lipinski definition) is 0. The smallest absolute Gasteiger partial charge is 0.253 e. The summed E-state index contributed by atoms with van der Waals surface area (Å²) in [7, 11) is 1.71. The number of likely N-dealkylation sites (tertiary alicyclic amines) is 1. The molecule has 25 heavy (non-hydrogen) atoms. The maximum Gasteiger partial charge on any atom is 0.253 e. The number of aryl methyl sites for hydroxylation is 2. The first-order valence-electron chi connectivity index (χ1n) is 8.04. The summed E-state index contributed by atoms with van der Waals surface area (Å²) in [6.45, 7) is 3.06. The quantitative estimate of drug-likeness (QED) is 0.706. The van der Waals surface area contributed by atoms with Crippen LogP contribution in [0, 0.1) is 6.92 Å². The van der Waals surface area contributed by atoms with Gasteiger partial charge in [0.15, 0.2) is 5.82 Å². The number of amides is 1. The van der Waals surface area contributed by atoms with Gasteiger partial charge in [-0.05, 0) is 30.7 Å². The maximum atomic E-state index is 12.7. The Morgan fingerprint density at radius 3 is 2.72 bits per heavy atom. The van der Waals surface area contributed by atoms with Gasteiger partial charge in [0.1, 0.15) is 0 Å². The van der Waals surface area contributed by atoms with Crippen molar-refractivity contribution in [3.8, 4) is 11.4 Å². The Bertz CT molecular complexity index is 899. The highest BCUT2D eigenvalue weighted by Gasteiger charge is 2.31. The fraction of sp³-hybridized carbons (Fsp3) is 0.375. The van der Waals surface area contributed by atoms with E-state index >= 15 is 0 Å². The van der Waals surface area contributed by atoms with E-state index in [-0.39, 0.29) is 11.8 Å². The van der Waals surface area contributed by atoms with Crippen LogP contribution in [0.2, 0.25) is 0 Å². The molecule has 1 aliphatic heterocycles. The summed E-state index contributed by atoms with van der Waals surface area (Å²) in [5, 5.41) is 15.8. The van der Waals surface area contributed by atoms with E-state index in [1.165, 1.54) is 4.80 Å². The molecule has 1 atom stereocenters. The van der Waals surface area contributed by atoms with E-state index in [0.717, 1.165) is 12.0 Å². The van der Waals surface area contributed by atoms with Crippen LogP contribution in [0.4, 0.5) is 0 Å². The highest BCUT2D eigenvalue weighted by atomic mass is 16.5. The summed E-state index contributed by atoms with van der Waals surface area (Å²) in [6.07, 6.45) is 0.828. The monoisotopic (exact) mass is 339 g/mol. The molecular formula is C16H17N7O2. The molecule has 9 heteroatoms. The Morgan fingerprint density at radius 1 is 1.28 bits per heavy atom. The Balaban J connectivity index is 1.46. The Hall–Kier alpha value is -3.10. The third-order valence-corrected chi connectivity index (χ3v) is 4.27. The van der Waals surface area contributed by atoms with Gasteiger partial charge >= 0.3 is 0 Å². The zero-order chi connectivity index (χ0) is 17.4. The molecule has 0 unspecified atom stereocenters. The van der Waals surface area contributed by atoms with Crippen molar-refractivity contribution in [1.29, 1.82) is 0 Å². The molecule has 4 rings (SSSR count). The van der Waals surface area contributed by atoms with Crippen LogP contribution in [0.15, 0.2) is 28.8 Å². The van der Waals surface area contributed by atoms with Crippen molar-refractivity contribution in [3.05, 3.63) is 41.5 Å². The second-order valence-corrected chi connectivity index (χ2v) is 6.10. The van der Waals surface area contributed by atoms with Crippen LogP contribution < -0.4 is 0 Å². The minimum absolute atomic E-state index is 0.00241.